The average Bonchev–Trinajstić information content (AvgIpc) is 2.40. The van der Waals surface area contributed by atoms with E-state index in [1.165, 1.54) is 0 Å². The Kier molecular flexibility index (Phi) is 4.04. The van der Waals surface area contributed by atoms with Gasteiger partial charge in [-0.15, -0.1) is 0 Å². The third kappa shape index (κ3) is 2.58. The number of hydrogen-bond donors (Lipinski definition) is 1. The van der Waals surface area contributed by atoms with Crippen molar-refractivity contribution in [2.24, 2.45) is 0 Å². The highest BCUT2D eigenvalue weighted by Gasteiger charge is 2.30. The van der Waals surface area contributed by atoms with Gasteiger partial charge in [-0.05, 0) is 36.6 Å². The summed E-state index contributed by atoms with van der Waals surface area (Å²) in [5, 5.41) is 3.05. The van der Waals surface area contributed by atoms with Crippen molar-refractivity contribution in [3.63, 3.8) is 0 Å². The van der Waals surface area contributed by atoms with Gasteiger partial charge >= 0.3 is 0 Å². The van der Waals surface area contributed by atoms with Crippen molar-refractivity contribution in [3.05, 3.63) is 29.3 Å². The van der Waals surface area contributed by atoms with Crippen LogP contribution in [-0.2, 0) is 21.0 Å². The van der Waals surface area contributed by atoms with Crippen molar-refractivity contribution in [2.75, 3.05) is 19.7 Å². The Morgan fingerprint density at radius 1 is 1.44 bits per heavy atom. The molecule has 1 aromatic rings. The Morgan fingerprint density at radius 3 is 2.83 bits per heavy atom. The van der Waals surface area contributed by atoms with Gasteiger partial charge in [0.05, 0.1) is 11.5 Å². The second-order valence-corrected chi connectivity index (χ2v) is 6.58. The minimum Gasteiger partial charge on any atom is -0.359 e. The summed E-state index contributed by atoms with van der Waals surface area (Å²) in [6, 6.07) is 5.30. The number of aryl methyl sites for hydroxylation is 2. The Hall–Kier alpha value is -0.910. The van der Waals surface area contributed by atoms with Crippen LogP contribution in [0.4, 0.5) is 0 Å². The lowest BCUT2D eigenvalue weighted by molar-refractivity contribution is 0.0785. The van der Waals surface area contributed by atoms with Crippen LogP contribution in [0.2, 0.25) is 0 Å². The van der Waals surface area contributed by atoms with Crippen molar-refractivity contribution < 1.29 is 13.2 Å². The number of ether oxygens (including phenoxy) is 1. The summed E-state index contributed by atoms with van der Waals surface area (Å²) in [4.78, 5) is 0.360. The molecule has 0 saturated carbocycles. The van der Waals surface area contributed by atoms with Gasteiger partial charge in [-0.1, -0.05) is 13.0 Å². The first-order valence-corrected chi connectivity index (χ1v) is 7.76. The maximum Gasteiger partial charge on any atom is 0.206 e. The number of benzene rings is 1. The molecule has 0 aromatic heterocycles. The first-order chi connectivity index (χ1) is 8.55. The number of rotatable bonds is 3. The van der Waals surface area contributed by atoms with Gasteiger partial charge < -0.3 is 10.1 Å². The third-order valence-electron chi connectivity index (χ3n) is 3.27. The maximum atomic E-state index is 12.4. The van der Waals surface area contributed by atoms with Gasteiger partial charge in [-0.3, -0.25) is 0 Å². The van der Waals surface area contributed by atoms with Gasteiger partial charge in [-0.2, -0.15) is 0 Å². The Balaban J connectivity index is 2.34. The zero-order valence-corrected chi connectivity index (χ0v) is 11.6. The lowest BCUT2D eigenvalue weighted by atomic mass is 10.1. The van der Waals surface area contributed by atoms with Gasteiger partial charge in [0.1, 0.15) is 0 Å². The highest BCUT2D eigenvalue weighted by atomic mass is 32.2. The number of morpholine rings is 1. The SMILES string of the molecule is CCc1cc(S(=O)(=O)[C@H]2CNCCO2)ccc1C. The summed E-state index contributed by atoms with van der Waals surface area (Å²) in [5.74, 6) is 0. The molecule has 1 aliphatic rings. The first kappa shape index (κ1) is 13.5. The number of sulfone groups is 1. The molecule has 5 heteroatoms. The van der Waals surface area contributed by atoms with E-state index in [-0.39, 0.29) is 0 Å². The third-order valence-corrected chi connectivity index (χ3v) is 5.18. The minimum atomic E-state index is -3.40. The van der Waals surface area contributed by atoms with Crippen LogP contribution in [-0.4, -0.2) is 33.6 Å². The molecule has 1 atom stereocenters. The molecule has 1 aliphatic heterocycles. The van der Waals surface area contributed by atoms with Gasteiger partial charge in [0.2, 0.25) is 9.84 Å². The monoisotopic (exact) mass is 269 g/mol. The largest absolute Gasteiger partial charge is 0.359 e. The van der Waals surface area contributed by atoms with Gasteiger partial charge in [0.15, 0.2) is 5.44 Å². The van der Waals surface area contributed by atoms with Gasteiger partial charge in [-0.25, -0.2) is 8.42 Å². The summed E-state index contributed by atoms with van der Waals surface area (Å²) in [6.45, 7) is 5.53. The van der Waals surface area contributed by atoms with Crippen LogP contribution in [0.5, 0.6) is 0 Å². The fourth-order valence-corrected chi connectivity index (χ4v) is 3.58. The van der Waals surface area contributed by atoms with Crippen molar-refractivity contribution in [1.29, 1.82) is 0 Å². The molecule has 0 aliphatic carbocycles. The standard InChI is InChI=1S/C13H19NO3S/c1-3-11-8-12(5-4-10(11)2)18(15,16)13-9-14-6-7-17-13/h4-5,8,13-14H,3,6-7,9H2,1-2H3/t13-/m0/s1. The second-order valence-electron chi connectivity index (χ2n) is 4.49. The molecule has 0 radical (unpaired) electrons. The molecule has 4 nitrogen and oxygen atoms in total. The second kappa shape index (κ2) is 5.38. The van der Waals surface area contributed by atoms with Crippen LogP contribution in [0.3, 0.4) is 0 Å². The van der Waals surface area contributed by atoms with E-state index >= 15 is 0 Å². The zero-order valence-electron chi connectivity index (χ0n) is 10.8. The first-order valence-electron chi connectivity index (χ1n) is 6.21. The number of hydrogen-bond acceptors (Lipinski definition) is 4. The molecule has 0 spiro atoms. The van der Waals surface area contributed by atoms with Crippen LogP contribution in [0, 0.1) is 6.92 Å². The summed E-state index contributed by atoms with van der Waals surface area (Å²) in [7, 11) is -3.40. The van der Waals surface area contributed by atoms with E-state index < -0.39 is 15.3 Å². The normalized spacial score (nSPS) is 20.9. The Labute approximate surface area is 108 Å². The Bertz CT molecular complexity index is 519. The molecule has 1 heterocycles. The summed E-state index contributed by atoms with van der Waals surface area (Å²) in [5.41, 5.74) is 1.43. The van der Waals surface area contributed by atoms with Crippen molar-refractivity contribution in [2.45, 2.75) is 30.6 Å². The highest BCUT2D eigenvalue weighted by Crippen LogP contribution is 2.21. The van der Waals surface area contributed by atoms with E-state index in [4.69, 9.17) is 4.74 Å². The van der Waals surface area contributed by atoms with Crippen LogP contribution < -0.4 is 5.32 Å². The van der Waals surface area contributed by atoms with E-state index in [1.807, 2.05) is 19.9 Å². The molecule has 1 fully saturated rings. The summed E-state index contributed by atoms with van der Waals surface area (Å²) < 4.78 is 30.2. The molecule has 2 rings (SSSR count). The molecule has 1 aromatic carbocycles. The van der Waals surface area contributed by atoms with Crippen molar-refractivity contribution >= 4 is 9.84 Å². The van der Waals surface area contributed by atoms with Crippen LogP contribution in [0.25, 0.3) is 0 Å². The Morgan fingerprint density at radius 2 is 2.22 bits per heavy atom. The molecule has 1 N–H and O–H groups in total. The van der Waals surface area contributed by atoms with Crippen LogP contribution >= 0.6 is 0 Å². The van der Waals surface area contributed by atoms with E-state index in [9.17, 15) is 8.42 Å². The fraction of sp³-hybridized carbons (Fsp3) is 0.538. The molecule has 0 amide bonds. The van der Waals surface area contributed by atoms with Crippen molar-refractivity contribution in [3.8, 4) is 0 Å². The lowest BCUT2D eigenvalue weighted by Crippen LogP contribution is -2.43. The van der Waals surface area contributed by atoms with Gasteiger partial charge in [0, 0.05) is 13.1 Å². The van der Waals surface area contributed by atoms with E-state index in [1.54, 1.807) is 12.1 Å². The van der Waals surface area contributed by atoms with Crippen LogP contribution in [0.1, 0.15) is 18.1 Å². The van der Waals surface area contributed by atoms with E-state index in [2.05, 4.69) is 5.32 Å². The molecule has 0 unspecified atom stereocenters. The average molecular weight is 269 g/mol. The van der Waals surface area contributed by atoms with Crippen LogP contribution in [0.15, 0.2) is 23.1 Å². The van der Waals surface area contributed by atoms with Crippen molar-refractivity contribution in [1.82, 2.24) is 5.32 Å². The molecule has 100 valence electrons. The molecule has 18 heavy (non-hydrogen) atoms. The zero-order chi connectivity index (χ0) is 13.2. The topological polar surface area (TPSA) is 55.4 Å². The van der Waals surface area contributed by atoms with Gasteiger partial charge in [0.25, 0.3) is 0 Å². The number of nitrogens with one attached hydrogen (secondary N) is 1. The summed E-state index contributed by atoms with van der Waals surface area (Å²) >= 11 is 0. The molecular weight excluding hydrogens is 250 g/mol. The predicted octanol–water partition coefficient (Wildman–Crippen LogP) is 1.28. The fourth-order valence-electron chi connectivity index (χ4n) is 2.10. The minimum absolute atomic E-state index is 0.359. The quantitative estimate of drug-likeness (QED) is 0.898. The maximum absolute atomic E-state index is 12.4. The molecule has 0 bridgehead atoms. The smallest absolute Gasteiger partial charge is 0.206 e. The predicted molar refractivity (Wildman–Crippen MR) is 70.4 cm³/mol. The van der Waals surface area contributed by atoms with E-state index in [0.717, 1.165) is 17.5 Å². The summed E-state index contributed by atoms with van der Waals surface area (Å²) in [6.07, 6.45) is 0.832. The van der Waals surface area contributed by atoms with E-state index in [0.29, 0.717) is 24.6 Å². The molecule has 1 saturated heterocycles. The molecular formula is C13H19NO3S. The highest BCUT2D eigenvalue weighted by molar-refractivity contribution is 7.92. The lowest BCUT2D eigenvalue weighted by Gasteiger charge is -2.23.